The van der Waals surface area contributed by atoms with Crippen LogP contribution in [0.1, 0.15) is 23.2 Å². The van der Waals surface area contributed by atoms with Crippen LogP contribution in [0.2, 0.25) is 0 Å². The summed E-state index contributed by atoms with van der Waals surface area (Å²) in [4.78, 5) is 14.0. The summed E-state index contributed by atoms with van der Waals surface area (Å²) in [7, 11) is -2.12. The summed E-state index contributed by atoms with van der Waals surface area (Å²) in [5.74, 6) is -0.800. The van der Waals surface area contributed by atoms with Gasteiger partial charge < -0.3 is 14.2 Å². The van der Waals surface area contributed by atoms with Crippen LogP contribution in [0.25, 0.3) is 0 Å². The Labute approximate surface area is 158 Å². The molecule has 0 spiro atoms. The highest BCUT2D eigenvalue weighted by Crippen LogP contribution is 2.26. The van der Waals surface area contributed by atoms with Crippen LogP contribution in [0, 0.1) is 0 Å². The lowest BCUT2D eigenvalue weighted by Crippen LogP contribution is -2.42. The third-order valence-electron chi connectivity index (χ3n) is 4.43. The Kier molecular flexibility index (Phi) is 5.33. The van der Waals surface area contributed by atoms with E-state index >= 15 is 0 Å². The van der Waals surface area contributed by atoms with Crippen molar-refractivity contribution in [3.05, 3.63) is 36.2 Å². The molecule has 0 unspecified atom stereocenters. The van der Waals surface area contributed by atoms with Crippen LogP contribution in [0.3, 0.4) is 0 Å². The molecule has 3 rings (SSSR count). The Bertz CT molecular complexity index is 949. The van der Waals surface area contributed by atoms with Gasteiger partial charge in [0.15, 0.2) is 0 Å². The molecule has 0 radical (unpaired) electrons. The number of amides is 1. The van der Waals surface area contributed by atoms with Crippen molar-refractivity contribution in [1.29, 1.82) is 0 Å². The lowest BCUT2D eigenvalue weighted by molar-refractivity contribution is -0.274. The van der Waals surface area contributed by atoms with Gasteiger partial charge in [0.2, 0.25) is 15.0 Å². The van der Waals surface area contributed by atoms with Gasteiger partial charge in [0.25, 0.3) is 5.91 Å². The van der Waals surface area contributed by atoms with E-state index in [4.69, 9.17) is 0 Å². The normalized spacial score (nSPS) is 16.2. The minimum Gasteiger partial charge on any atom is -0.406 e. The number of likely N-dealkylation sites (tertiary alicyclic amines) is 1. The standard InChI is InChI=1S/C16H17F3N4O4S/c1-22-10-20-21-15(22)28(25,26)13-6-8-23(9-7-13)14(24)11-2-4-12(5-3-11)27-16(17,18)19/h2-5,10,13H,6-9H2,1H3. The smallest absolute Gasteiger partial charge is 0.406 e. The first kappa shape index (κ1) is 20.1. The number of ether oxygens (including phenoxy) is 1. The maximum Gasteiger partial charge on any atom is 0.573 e. The molecule has 1 amide bonds. The highest BCUT2D eigenvalue weighted by Gasteiger charge is 2.36. The molecule has 2 heterocycles. The summed E-state index contributed by atoms with van der Waals surface area (Å²) >= 11 is 0. The van der Waals surface area contributed by atoms with Crippen LogP contribution in [-0.2, 0) is 16.9 Å². The SMILES string of the molecule is Cn1cnnc1S(=O)(=O)C1CCN(C(=O)c2ccc(OC(F)(F)F)cc2)CC1. The molecule has 152 valence electrons. The van der Waals surface area contributed by atoms with E-state index < -0.39 is 27.2 Å². The first-order chi connectivity index (χ1) is 13.1. The van der Waals surface area contributed by atoms with Gasteiger partial charge >= 0.3 is 6.36 Å². The Hall–Kier alpha value is -2.63. The number of carbonyl (C=O) groups excluding carboxylic acids is 1. The van der Waals surface area contributed by atoms with Gasteiger partial charge in [0, 0.05) is 25.7 Å². The first-order valence-electron chi connectivity index (χ1n) is 8.31. The molecule has 0 saturated carbocycles. The van der Waals surface area contributed by atoms with Gasteiger partial charge in [-0.15, -0.1) is 23.4 Å². The fraction of sp³-hybridized carbons (Fsp3) is 0.438. The molecule has 2 aromatic rings. The summed E-state index contributed by atoms with van der Waals surface area (Å²) in [5.41, 5.74) is 0.198. The molecular formula is C16H17F3N4O4S. The number of halogens is 3. The summed E-state index contributed by atoms with van der Waals surface area (Å²) < 4.78 is 67.0. The van der Waals surface area contributed by atoms with E-state index in [1.54, 1.807) is 0 Å². The Balaban J connectivity index is 1.63. The van der Waals surface area contributed by atoms with Gasteiger partial charge in [-0.05, 0) is 37.1 Å². The molecule has 1 saturated heterocycles. The minimum atomic E-state index is -4.80. The van der Waals surface area contributed by atoms with Gasteiger partial charge in [-0.1, -0.05) is 0 Å². The van der Waals surface area contributed by atoms with Gasteiger partial charge in [0.1, 0.15) is 12.1 Å². The number of aromatic nitrogens is 3. The van der Waals surface area contributed by atoms with Crippen molar-refractivity contribution < 1.29 is 31.1 Å². The van der Waals surface area contributed by atoms with Crippen molar-refractivity contribution in [2.45, 2.75) is 29.6 Å². The van der Waals surface area contributed by atoms with Crippen LogP contribution in [-0.4, -0.2) is 58.7 Å². The molecule has 1 aromatic carbocycles. The van der Waals surface area contributed by atoms with Crippen molar-refractivity contribution >= 4 is 15.7 Å². The number of hydrogen-bond acceptors (Lipinski definition) is 6. The molecule has 12 heteroatoms. The fourth-order valence-corrected chi connectivity index (χ4v) is 4.77. The zero-order valence-electron chi connectivity index (χ0n) is 14.8. The zero-order chi connectivity index (χ0) is 20.5. The summed E-state index contributed by atoms with van der Waals surface area (Å²) in [6.07, 6.45) is -3.04. The number of benzene rings is 1. The van der Waals surface area contributed by atoms with Gasteiger partial charge in [0.05, 0.1) is 5.25 Å². The molecule has 28 heavy (non-hydrogen) atoms. The van der Waals surface area contributed by atoms with Crippen LogP contribution in [0.15, 0.2) is 35.7 Å². The molecule has 8 nitrogen and oxygen atoms in total. The van der Waals surface area contributed by atoms with Crippen molar-refractivity contribution in [3.63, 3.8) is 0 Å². The predicted molar refractivity (Wildman–Crippen MR) is 90.2 cm³/mol. The van der Waals surface area contributed by atoms with Crippen molar-refractivity contribution in [2.24, 2.45) is 7.05 Å². The van der Waals surface area contributed by atoms with E-state index in [9.17, 15) is 26.4 Å². The van der Waals surface area contributed by atoms with Gasteiger partial charge in [-0.3, -0.25) is 4.79 Å². The van der Waals surface area contributed by atoms with Crippen molar-refractivity contribution in [3.8, 4) is 5.75 Å². The van der Waals surface area contributed by atoms with Gasteiger partial charge in [-0.25, -0.2) is 8.42 Å². The second-order valence-electron chi connectivity index (χ2n) is 6.33. The van der Waals surface area contributed by atoms with Crippen LogP contribution in [0.4, 0.5) is 13.2 Å². The van der Waals surface area contributed by atoms with E-state index in [0.29, 0.717) is 0 Å². The zero-order valence-corrected chi connectivity index (χ0v) is 15.6. The molecule has 1 aromatic heterocycles. The van der Waals surface area contributed by atoms with E-state index in [-0.39, 0.29) is 42.6 Å². The van der Waals surface area contributed by atoms with Crippen LogP contribution in [0.5, 0.6) is 5.75 Å². The maximum atomic E-state index is 12.6. The second kappa shape index (κ2) is 7.41. The monoisotopic (exact) mass is 418 g/mol. The van der Waals surface area contributed by atoms with Crippen LogP contribution >= 0.6 is 0 Å². The number of carbonyl (C=O) groups is 1. The van der Waals surface area contributed by atoms with Crippen LogP contribution < -0.4 is 4.74 Å². The van der Waals surface area contributed by atoms with Crippen molar-refractivity contribution in [2.75, 3.05) is 13.1 Å². The second-order valence-corrected chi connectivity index (χ2v) is 8.46. The quantitative estimate of drug-likeness (QED) is 0.752. The molecule has 1 aliphatic heterocycles. The Morgan fingerprint density at radius 2 is 1.79 bits per heavy atom. The number of rotatable bonds is 4. The number of sulfone groups is 1. The minimum absolute atomic E-state index is 0.113. The van der Waals surface area contributed by atoms with Crippen molar-refractivity contribution in [1.82, 2.24) is 19.7 Å². The molecule has 0 atom stereocenters. The summed E-state index contributed by atoms with van der Waals surface area (Å²) in [6.45, 7) is 0.419. The average Bonchev–Trinajstić information content (AvgIpc) is 3.07. The maximum absolute atomic E-state index is 12.6. The third-order valence-corrected chi connectivity index (χ3v) is 6.65. The highest BCUT2D eigenvalue weighted by atomic mass is 32.2. The predicted octanol–water partition coefficient (Wildman–Crippen LogP) is 1.79. The Morgan fingerprint density at radius 1 is 1.18 bits per heavy atom. The summed E-state index contributed by atoms with van der Waals surface area (Å²) in [6, 6.07) is 4.61. The highest BCUT2D eigenvalue weighted by molar-refractivity contribution is 7.91. The lowest BCUT2D eigenvalue weighted by Gasteiger charge is -2.31. The molecule has 1 fully saturated rings. The summed E-state index contributed by atoms with van der Waals surface area (Å²) in [5, 5.41) is 6.44. The number of aryl methyl sites for hydroxylation is 1. The molecule has 0 bridgehead atoms. The first-order valence-corrected chi connectivity index (χ1v) is 9.85. The lowest BCUT2D eigenvalue weighted by atomic mass is 10.1. The largest absolute Gasteiger partial charge is 0.573 e. The molecule has 0 aliphatic carbocycles. The molecule has 1 aliphatic rings. The van der Waals surface area contributed by atoms with E-state index in [1.165, 1.54) is 35.0 Å². The number of piperidine rings is 1. The third kappa shape index (κ3) is 4.26. The fourth-order valence-electron chi connectivity index (χ4n) is 3.03. The average molecular weight is 418 g/mol. The number of alkyl halides is 3. The van der Waals surface area contributed by atoms with E-state index in [0.717, 1.165) is 12.1 Å². The molecular weight excluding hydrogens is 401 g/mol. The van der Waals surface area contributed by atoms with E-state index in [1.807, 2.05) is 0 Å². The topological polar surface area (TPSA) is 94.4 Å². The van der Waals surface area contributed by atoms with Gasteiger partial charge in [-0.2, -0.15) is 0 Å². The Morgan fingerprint density at radius 3 is 2.29 bits per heavy atom. The number of hydrogen-bond donors (Lipinski definition) is 0. The number of nitrogens with zero attached hydrogens (tertiary/aromatic N) is 4. The van der Waals surface area contributed by atoms with E-state index in [2.05, 4.69) is 14.9 Å². The molecule has 0 N–H and O–H groups in total.